The van der Waals surface area contributed by atoms with Crippen molar-refractivity contribution in [1.82, 2.24) is 5.32 Å². The Morgan fingerprint density at radius 1 is 0.880 bits per heavy atom. The topological polar surface area (TPSA) is 38.3 Å². The minimum atomic E-state index is -0.210. The number of hydrogen-bond donors (Lipinski definition) is 1. The SMILES string of the molecule is COc1ccc2cc([C@@H](C)C(=O)N[C@@H](C)c3ccccc3)ccc2c1. The number of methoxy groups -OCH3 is 1. The van der Waals surface area contributed by atoms with Crippen LogP contribution in [0.5, 0.6) is 5.75 Å². The van der Waals surface area contributed by atoms with Crippen molar-refractivity contribution in [3.63, 3.8) is 0 Å². The third-order valence-corrected chi connectivity index (χ3v) is 4.62. The van der Waals surface area contributed by atoms with E-state index < -0.39 is 0 Å². The van der Waals surface area contributed by atoms with E-state index in [0.717, 1.165) is 27.6 Å². The zero-order chi connectivity index (χ0) is 17.8. The van der Waals surface area contributed by atoms with Crippen LogP contribution in [-0.4, -0.2) is 13.0 Å². The molecule has 3 heteroatoms. The molecule has 0 aliphatic heterocycles. The zero-order valence-electron chi connectivity index (χ0n) is 14.8. The summed E-state index contributed by atoms with van der Waals surface area (Å²) in [6.45, 7) is 3.95. The number of fused-ring (bicyclic) bond motifs is 1. The summed E-state index contributed by atoms with van der Waals surface area (Å²) in [7, 11) is 1.66. The summed E-state index contributed by atoms with van der Waals surface area (Å²) in [6, 6.07) is 22.1. The first-order valence-corrected chi connectivity index (χ1v) is 8.51. The van der Waals surface area contributed by atoms with Crippen molar-refractivity contribution >= 4 is 16.7 Å². The molecular weight excluding hydrogens is 310 g/mol. The number of benzene rings is 3. The molecule has 1 N–H and O–H groups in total. The van der Waals surface area contributed by atoms with Crippen molar-refractivity contribution in [2.45, 2.75) is 25.8 Å². The van der Waals surface area contributed by atoms with Crippen LogP contribution < -0.4 is 10.1 Å². The van der Waals surface area contributed by atoms with Crippen molar-refractivity contribution in [3.05, 3.63) is 77.9 Å². The molecule has 0 saturated carbocycles. The lowest BCUT2D eigenvalue weighted by Crippen LogP contribution is -2.30. The molecule has 3 aromatic carbocycles. The van der Waals surface area contributed by atoms with Crippen molar-refractivity contribution in [1.29, 1.82) is 0 Å². The first-order valence-electron chi connectivity index (χ1n) is 8.51. The van der Waals surface area contributed by atoms with Crippen LogP contribution >= 0.6 is 0 Å². The lowest BCUT2D eigenvalue weighted by atomic mass is 9.96. The summed E-state index contributed by atoms with van der Waals surface area (Å²) in [4.78, 5) is 12.6. The number of hydrogen-bond acceptors (Lipinski definition) is 2. The predicted molar refractivity (Wildman–Crippen MR) is 102 cm³/mol. The highest BCUT2D eigenvalue weighted by molar-refractivity contribution is 5.88. The van der Waals surface area contributed by atoms with Crippen LogP contribution in [0.2, 0.25) is 0 Å². The van der Waals surface area contributed by atoms with Crippen molar-refractivity contribution < 1.29 is 9.53 Å². The Labute approximate surface area is 148 Å². The molecule has 0 fully saturated rings. The molecule has 3 rings (SSSR count). The third-order valence-electron chi connectivity index (χ3n) is 4.62. The fraction of sp³-hybridized carbons (Fsp3) is 0.227. The molecule has 0 aliphatic carbocycles. The first-order chi connectivity index (χ1) is 12.1. The first kappa shape index (κ1) is 17.0. The van der Waals surface area contributed by atoms with Crippen LogP contribution in [0.3, 0.4) is 0 Å². The molecule has 0 unspecified atom stereocenters. The Morgan fingerprint density at radius 2 is 1.56 bits per heavy atom. The van der Waals surface area contributed by atoms with Crippen molar-refractivity contribution in [2.75, 3.05) is 7.11 Å². The van der Waals surface area contributed by atoms with E-state index in [-0.39, 0.29) is 17.9 Å². The molecule has 1 amide bonds. The summed E-state index contributed by atoms with van der Waals surface area (Å²) in [5.41, 5.74) is 2.11. The molecule has 3 nitrogen and oxygen atoms in total. The summed E-state index contributed by atoms with van der Waals surface area (Å²) in [5, 5.41) is 5.31. The minimum absolute atomic E-state index is 0.0131. The lowest BCUT2D eigenvalue weighted by Gasteiger charge is -2.18. The average Bonchev–Trinajstić information content (AvgIpc) is 2.67. The van der Waals surface area contributed by atoms with Gasteiger partial charge in [-0.05, 0) is 47.9 Å². The van der Waals surface area contributed by atoms with Gasteiger partial charge in [0.05, 0.1) is 19.1 Å². The second-order valence-corrected chi connectivity index (χ2v) is 6.34. The molecule has 25 heavy (non-hydrogen) atoms. The van der Waals surface area contributed by atoms with Crippen LogP contribution in [0.1, 0.15) is 36.9 Å². The largest absolute Gasteiger partial charge is 0.497 e. The van der Waals surface area contributed by atoms with E-state index in [2.05, 4.69) is 11.4 Å². The maximum absolute atomic E-state index is 12.6. The van der Waals surface area contributed by atoms with E-state index in [0.29, 0.717) is 0 Å². The minimum Gasteiger partial charge on any atom is -0.497 e. The molecule has 128 valence electrons. The highest BCUT2D eigenvalue weighted by Gasteiger charge is 2.18. The van der Waals surface area contributed by atoms with E-state index in [4.69, 9.17) is 4.74 Å². The van der Waals surface area contributed by atoms with Crippen molar-refractivity contribution in [3.8, 4) is 5.75 Å². The smallest absolute Gasteiger partial charge is 0.227 e. The number of carbonyl (C=O) groups excluding carboxylic acids is 1. The van der Waals surface area contributed by atoms with Crippen LogP contribution in [0.4, 0.5) is 0 Å². The van der Waals surface area contributed by atoms with Gasteiger partial charge in [0.1, 0.15) is 5.75 Å². The van der Waals surface area contributed by atoms with Crippen LogP contribution in [0.25, 0.3) is 10.8 Å². The second kappa shape index (κ2) is 7.39. The van der Waals surface area contributed by atoms with E-state index in [1.807, 2.05) is 74.5 Å². The number of carbonyl (C=O) groups is 1. The van der Waals surface area contributed by atoms with Gasteiger partial charge >= 0.3 is 0 Å². The zero-order valence-corrected chi connectivity index (χ0v) is 14.8. The van der Waals surface area contributed by atoms with Crippen molar-refractivity contribution in [2.24, 2.45) is 0 Å². The summed E-state index contributed by atoms with van der Waals surface area (Å²) in [6.07, 6.45) is 0. The van der Waals surface area contributed by atoms with Gasteiger partial charge in [-0.2, -0.15) is 0 Å². The molecule has 0 heterocycles. The average molecular weight is 333 g/mol. The van der Waals surface area contributed by atoms with Gasteiger partial charge < -0.3 is 10.1 Å². The maximum atomic E-state index is 12.6. The molecule has 0 spiro atoms. The summed E-state index contributed by atoms with van der Waals surface area (Å²) < 4.78 is 5.26. The Hall–Kier alpha value is -2.81. The molecule has 0 radical (unpaired) electrons. The highest BCUT2D eigenvalue weighted by atomic mass is 16.5. The predicted octanol–water partition coefficient (Wildman–Crippen LogP) is 4.83. The quantitative estimate of drug-likeness (QED) is 0.726. The Morgan fingerprint density at radius 3 is 2.28 bits per heavy atom. The molecule has 2 atom stereocenters. The van der Waals surface area contributed by atoms with Gasteiger partial charge in [0.25, 0.3) is 0 Å². The third kappa shape index (κ3) is 3.82. The van der Waals surface area contributed by atoms with Gasteiger partial charge in [0, 0.05) is 0 Å². The molecular formula is C22H23NO2. The number of ether oxygens (including phenoxy) is 1. The monoisotopic (exact) mass is 333 g/mol. The van der Waals surface area contributed by atoms with Gasteiger partial charge in [0.15, 0.2) is 0 Å². The second-order valence-electron chi connectivity index (χ2n) is 6.34. The van der Waals surface area contributed by atoms with E-state index in [1.54, 1.807) is 7.11 Å². The van der Waals surface area contributed by atoms with E-state index in [1.165, 1.54) is 0 Å². The Kier molecular flexibility index (Phi) is 5.03. The normalized spacial score (nSPS) is 13.2. The van der Waals surface area contributed by atoms with Gasteiger partial charge in [-0.3, -0.25) is 4.79 Å². The van der Waals surface area contributed by atoms with Gasteiger partial charge in [-0.25, -0.2) is 0 Å². The van der Waals surface area contributed by atoms with Gasteiger partial charge in [0.2, 0.25) is 5.91 Å². The highest BCUT2D eigenvalue weighted by Crippen LogP contribution is 2.25. The Balaban J connectivity index is 1.76. The lowest BCUT2D eigenvalue weighted by molar-refractivity contribution is -0.122. The molecule has 0 aliphatic rings. The molecule has 0 saturated heterocycles. The van der Waals surface area contributed by atoms with E-state index in [9.17, 15) is 4.79 Å². The van der Waals surface area contributed by atoms with E-state index >= 15 is 0 Å². The molecule has 3 aromatic rings. The molecule has 0 bridgehead atoms. The van der Waals surface area contributed by atoms with Gasteiger partial charge in [-0.15, -0.1) is 0 Å². The standard InChI is InChI=1S/C22H23NO2/c1-15(22(24)23-16(2)17-7-5-4-6-8-17)18-9-10-20-14-21(25-3)12-11-19(20)13-18/h4-16H,1-3H3,(H,23,24)/t15-,16+/m1/s1. The summed E-state index contributed by atoms with van der Waals surface area (Å²) >= 11 is 0. The maximum Gasteiger partial charge on any atom is 0.227 e. The van der Waals surface area contributed by atoms with Gasteiger partial charge in [-0.1, -0.05) is 54.6 Å². The fourth-order valence-electron chi connectivity index (χ4n) is 2.95. The van der Waals surface area contributed by atoms with Crippen LogP contribution in [-0.2, 0) is 4.79 Å². The fourth-order valence-corrected chi connectivity index (χ4v) is 2.95. The number of amides is 1. The van der Waals surface area contributed by atoms with Crippen LogP contribution in [0, 0.1) is 0 Å². The number of nitrogens with one attached hydrogen (secondary N) is 1. The Bertz CT molecular complexity index is 874. The molecule has 0 aromatic heterocycles. The van der Waals surface area contributed by atoms with Crippen LogP contribution in [0.15, 0.2) is 66.7 Å². The number of rotatable bonds is 5. The summed E-state index contributed by atoms with van der Waals surface area (Å²) in [5.74, 6) is 0.657.